The number of carbonyl (C=O) groups is 1. The maximum Gasteiger partial charge on any atom is 0.330 e. The van der Waals surface area contributed by atoms with Gasteiger partial charge in [-0.1, -0.05) is 6.58 Å². The molecule has 0 aliphatic heterocycles. The van der Waals surface area contributed by atoms with E-state index in [1.807, 2.05) is 6.92 Å². The van der Waals surface area contributed by atoms with Crippen LogP contribution >= 0.6 is 0 Å². The summed E-state index contributed by atoms with van der Waals surface area (Å²) in [5, 5.41) is 8.62. The molecule has 0 saturated carbocycles. The fourth-order valence-electron chi connectivity index (χ4n) is 1.18. The van der Waals surface area contributed by atoms with Crippen LogP contribution in [0.4, 0.5) is 0 Å². The second kappa shape index (κ2) is 8.44. The van der Waals surface area contributed by atoms with Crippen LogP contribution in [0, 0.1) is 0 Å². The van der Waals surface area contributed by atoms with Crippen molar-refractivity contribution in [3.05, 3.63) is 12.2 Å². The average molecular weight is 216 g/mol. The Morgan fingerprint density at radius 2 is 2.13 bits per heavy atom. The lowest BCUT2D eigenvalue weighted by molar-refractivity contribution is -0.132. The van der Waals surface area contributed by atoms with Crippen LogP contribution in [0.3, 0.4) is 0 Å². The summed E-state index contributed by atoms with van der Waals surface area (Å²) in [6.07, 6.45) is 1.97. The smallest absolute Gasteiger partial charge is 0.330 e. The Bertz CT molecular complexity index is 201. The van der Waals surface area contributed by atoms with Crippen LogP contribution in [0.2, 0.25) is 0 Å². The summed E-state index contributed by atoms with van der Waals surface area (Å²) in [6, 6.07) is 0. The zero-order chi connectivity index (χ0) is 11.7. The Balaban J connectivity index is 3.69. The third-order valence-corrected chi connectivity index (χ3v) is 2.19. The van der Waals surface area contributed by atoms with E-state index >= 15 is 0 Å². The highest BCUT2D eigenvalue weighted by Gasteiger charge is 2.10. The second-order valence-electron chi connectivity index (χ2n) is 3.29. The molecule has 4 heteroatoms. The number of hydrogen-bond donors (Lipinski definition) is 1. The van der Waals surface area contributed by atoms with Gasteiger partial charge in [0, 0.05) is 25.9 Å². The van der Waals surface area contributed by atoms with Gasteiger partial charge in [-0.05, 0) is 26.2 Å². The first kappa shape index (κ1) is 14.1. The average Bonchev–Trinajstić information content (AvgIpc) is 2.22. The summed E-state index contributed by atoms with van der Waals surface area (Å²) in [5.74, 6) is -0.935. The molecule has 0 aliphatic rings. The maximum absolute atomic E-state index is 10.5. The molecule has 1 atom stereocenters. The van der Waals surface area contributed by atoms with E-state index in [0.717, 1.165) is 6.42 Å². The molecule has 0 aliphatic carbocycles. The molecule has 88 valence electrons. The number of carboxylic acids is 1. The van der Waals surface area contributed by atoms with Gasteiger partial charge in [-0.15, -0.1) is 0 Å². The van der Waals surface area contributed by atoms with Crippen molar-refractivity contribution < 1.29 is 19.4 Å². The number of methoxy groups -OCH3 is 1. The van der Waals surface area contributed by atoms with Gasteiger partial charge in [-0.3, -0.25) is 0 Å². The lowest BCUT2D eigenvalue weighted by Crippen LogP contribution is -2.15. The van der Waals surface area contributed by atoms with E-state index in [1.165, 1.54) is 0 Å². The molecule has 1 unspecified atom stereocenters. The summed E-state index contributed by atoms with van der Waals surface area (Å²) in [5.41, 5.74) is 0.230. The summed E-state index contributed by atoms with van der Waals surface area (Å²) in [4.78, 5) is 10.5. The third kappa shape index (κ3) is 7.11. The highest BCUT2D eigenvalue weighted by atomic mass is 16.5. The van der Waals surface area contributed by atoms with Gasteiger partial charge in [0.05, 0.1) is 6.10 Å². The minimum atomic E-state index is -0.935. The van der Waals surface area contributed by atoms with E-state index in [1.54, 1.807) is 7.11 Å². The highest BCUT2D eigenvalue weighted by Crippen LogP contribution is 2.11. The molecule has 0 spiro atoms. The first-order valence-electron chi connectivity index (χ1n) is 5.13. The molecule has 0 fully saturated rings. The number of rotatable bonds is 9. The fourth-order valence-corrected chi connectivity index (χ4v) is 1.18. The van der Waals surface area contributed by atoms with Crippen molar-refractivity contribution in [1.82, 2.24) is 0 Å². The zero-order valence-electron chi connectivity index (χ0n) is 9.49. The molecule has 0 aromatic heterocycles. The van der Waals surface area contributed by atoms with Crippen molar-refractivity contribution in [2.24, 2.45) is 0 Å². The first-order chi connectivity index (χ1) is 7.11. The standard InChI is InChI=1S/C11H20O4/c1-4-15-8-7-10(14-3)6-5-9(2)11(12)13/h10H,2,4-8H2,1,3H3,(H,12,13). The molecule has 15 heavy (non-hydrogen) atoms. The van der Waals surface area contributed by atoms with Crippen molar-refractivity contribution in [3.63, 3.8) is 0 Å². The van der Waals surface area contributed by atoms with Crippen LogP contribution in [0.1, 0.15) is 26.2 Å². The quantitative estimate of drug-likeness (QED) is 0.472. The number of hydrogen-bond acceptors (Lipinski definition) is 3. The zero-order valence-corrected chi connectivity index (χ0v) is 9.49. The van der Waals surface area contributed by atoms with E-state index < -0.39 is 5.97 Å². The Hall–Kier alpha value is -0.870. The molecule has 1 N–H and O–H groups in total. The molecule has 0 aromatic carbocycles. The SMILES string of the molecule is C=C(CCC(CCOCC)OC)C(=O)O. The maximum atomic E-state index is 10.5. The topological polar surface area (TPSA) is 55.8 Å². The Morgan fingerprint density at radius 1 is 1.47 bits per heavy atom. The lowest BCUT2D eigenvalue weighted by Gasteiger charge is -2.14. The predicted octanol–water partition coefficient (Wildman–Crippen LogP) is 1.85. The van der Waals surface area contributed by atoms with Crippen LogP contribution in [-0.4, -0.2) is 37.5 Å². The van der Waals surface area contributed by atoms with Crippen molar-refractivity contribution >= 4 is 5.97 Å². The summed E-state index contributed by atoms with van der Waals surface area (Å²) >= 11 is 0. The summed E-state index contributed by atoms with van der Waals surface area (Å²) in [7, 11) is 1.63. The second-order valence-corrected chi connectivity index (χ2v) is 3.29. The molecule has 0 rings (SSSR count). The van der Waals surface area contributed by atoms with Crippen LogP contribution < -0.4 is 0 Å². The van der Waals surface area contributed by atoms with Gasteiger partial charge in [0.25, 0.3) is 0 Å². The van der Waals surface area contributed by atoms with E-state index in [9.17, 15) is 4.79 Å². The molecule has 0 bridgehead atoms. The number of carboxylic acid groups (broad SMARTS) is 1. The van der Waals surface area contributed by atoms with Crippen LogP contribution in [0.15, 0.2) is 12.2 Å². The van der Waals surface area contributed by atoms with Gasteiger partial charge < -0.3 is 14.6 Å². The predicted molar refractivity (Wildman–Crippen MR) is 57.9 cm³/mol. The van der Waals surface area contributed by atoms with Gasteiger partial charge in [0.2, 0.25) is 0 Å². The largest absolute Gasteiger partial charge is 0.478 e. The number of aliphatic carboxylic acids is 1. The van der Waals surface area contributed by atoms with Crippen molar-refractivity contribution in [2.75, 3.05) is 20.3 Å². The fraction of sp³-hybridized carbons (Fsp3) is 0.727. The normalized spacial score (nSPS) is 12.4. The molecule has 0 radical (unpaired) electrons. The minimum Gasteiger partial charge on any atom is -0.478 e. The van der Waals surface area contributed by atoms with E-state index in [-0.39, 0.29) is 11.7 Å². The van der Waals surface area contributed by atoms with Crippen LogP contribution in [0.25, 0.3) is 0 Å². The van der Waals surface area contributed by atoms with Crippen LogP contribution in [-0.2, 0) is 14.3 Å². The molecule has 0 saturated heterocycles. The minimum absolute atomic E-state index is 0.0487. The third-order valence-electron chi connectivity index (χ3n) is 2.19. The van der Waals surface area contributed by atoms with Gasteiger partial charge in [0.15, 0.2) is 0 Å². The van der Waals surface area contributed by atoms with E-state index in [4.69, 9.17) is 14.6 Å². The van der Waals surface area contributed by atoms with Crippen molar-refractivity contribution in [1.29, 1.82) is 0 Å². The van der Waals surface area contributed by atoms with Gasteiger partial charge in [-0.2, -0.15) is 0 Å². The molecule has 0 heterocycles. The molecule has 0 aromatic rings. The molecular weight excluding hydrogens is 196 g/mol. The molecule has 4 nitrogen and oxygen atoms in total. The van der Waals surface area contributed by atoms with E-state index in [2.05, 4.69) is 6.58 Å². The first-order valence-corrected chi connectivity index (χ1v) is 5.13. The Kier molecular flexibility index (Phi) is 7.95. The number of ether oxygens (including phenoxy) is 2. The van der Waals surface area contributed by atoms with Crippen molar-refractivity contribution in [3.8, 4) is 0 Å². The van der Waals surface area contributed by atoms with Gasteiger partial charge in [0.1, 0.15) is 0 Å². The van der Waals surface area contributed by atoms with Gasteiger partial charge >= 0.3 is 5.97 Å². The molecular formula is C11H20O4. The van der Waals surface area contributed by atoms with Gasteiger partial charge in [-0.25, -0.2) is 4.79 Å². The highest BCUT2D eigenvalue weighted by molar-refractivity contribution is 5.85. The summed E-state index contributed by atoms with van der Waals surface area (Å²) < 4.78 is 10.4. The lowest BCUT2D eigenvalue weighted by atomic mass is 10.1. The molecule has 0 amide bonds. The van der Waals surface area contributed by atoms with E-state index in [0.29, 0.717) is 26.1 Å². The Morgan fingerprint density at radius 3 is 2.60 bits per heavy atom. The van der Waals surface area contributed by atoms with Crippen molar-refractivity contribution in [2.45, 2.75) is 32.3 Å². The monoisotopic (exact) mass is 216 g/mol. The summed E-state index contributed by atoms with van der Waals surface area (Å²) in [6.45, 7) is 6.75. The van der Waals surface area contributed by atoms with Crippen LogP contribution in [0.5, 0.6) is 0 Å². The Labute approximate surface area is 90.9 Å².